The summed E-state index contributed by atoms with van der Waals surface area (Å²) in [6.45, 7) is 6.72. The highest BCUT2D eigenvalue weighted by Crippen LogP contribution is 2.26. The van der Waals surface area contributed by atoms with Gasteiger partial charge in [0, 0.05) is 39.4 Å². The zero-order chi connectivity index (χ0) is 22.5. The molecule has 4 rings (SSSR count). The number of aromatic nitrogens is 5. The number of nitrogens with one attached hydrogen (secondary N) is 1. The van der Waals surface area contributed by atoms with Gasteiger partial charge >= 0.3 is 6.03 Å². The lowest BCUT2D eigenvalue weighted by Crippen LogP contribution is -2.32. The minimum Gasteiger partial charge on any atom is -0.385 e. The zero-order valence-corrected chi connectivity index (χ0v) is 18.6. The van der Waals surface area contributed by atoms with Gasteiger partial charge in [-0.3, -0.25) is 9.80 Å². The number of anilines is 3. The van der Waals surface area contributed by atoms with E-state index in [1.165, 1.54) is 0 Å². The summed E-state index contributed by atoms with van der Waals surface area (Å²) in [5.74, 6) is 2.05. The molecule has 10 nitrogen and oxygen atoms in total. The number of carbonyl (C=O) groups excluding carboxylic acids is 1. The normalized spacial score (nSPS) is 13.9. The number of rotatable bonds is 9. The topological polar surface area (TPSA) is 101 Å². The molecule has 3 aromatic heterocycles. The van der Waals surface area contributed by atoms with E-state index in [0.29, 0.717) is 37.0 Å². The van der Waals surface area contributed by atoms with Crippen LogP contribution in [0.4, 0.5) is 22.1 Å². The Balaban J connectivity index is 1.46. The summed E-state index contributed by atoms with van der Waals surface area (Å²) in [6, 6.07) is 9.48. The molecule has 0 unspecified atom stereocenters. The molecule has 0 radical (unpaired) electrons. The molecule has 0 spiro atoms. The van der Waals surface area contributed by atoms with Crippen LogP contribution in [-0.2, 0) is 4.74 Å². The van der Waals surface area contributed by atoms with E-state index < -0.39 is 0 Å². The molecule has 32 heavy (non-hydrogen) atoms. The Labute approximate surface area is 187 Å². The molecule has 0 aliphatic carbocycles. The highest BCUT2D eigenvalue weighted by Gasteiger charge is 2.32. The van der Waals surface area contributed by atoms with Gasteiger partial charge < -0.3 is 14.6 Å². The Morgan fingerprint density at radius 3 is 2.75 bits per heavy atom. The maximum absolute atomic E-state index is 13.1. The van der Waals surface area contributed by atoms with E-state index >= 15 is 0 Å². The van der Waals surface area contributed by atoms with Crippen molar-refractivity contribution >= 4 is 23.4 Å². The van der Waals surface area contributed by atoms with Crippen LogP contribution in [0, 0.1) is 0 Å². The van der Waals surface area contributed by atoms with Crippen LogP contribution in [0.1, 0.15) is 26.3 Å². The van der Waals surface area contributed by atoms with E-state index in [-0.39, 0.29) is 12.1 Å². The molecule has 2 amide bonds. The van der Waals surface area contributed by atoms with Crippen molar-refractivity contribution in [3.63, 3.8) is 0 Å². The standard InChI is InChI=1S/C22H28N8O2/c1-16(2)30-15-25-27-21(30)18-6-4-7-20(26-18)29-12-11-28(22(29)31)17-8-9-19(24-14-17)23-10-5-13-32-3/h4,6-9,14-16H,5,10-13H2,1-3H3,(H,23,24). The molecule has 4 heterocycles. The number of pyridine rings is 2. The van der Waals surface area contributed by atoms with Crippen molar-refractivity contribution in [1.82, 2.24) is 24.7 Å². The lowest BCUT2D eigenvalue weighted by atomic mass is 10.3. The molecule has 3 aromatic rings. The summed E-state index contributed by atoms with van der Waals surface area (Å²) < 4.78 is 7.01. The lowest BCUT2D eigenvalue weighted by Gasteiger charge is -2.19. The van der Waals surface area contributed by atoms with Gasteiger partial charge in [-0.1, -0.05) is 6.07 Å². The molecule has 10 heteroatoms. The Morgan fingerprint density at radius 1 is 1.16 bits per heavy atom. The minimum absolute atomic E-state index is 0.123. The van der Waals surface area contributed by atoms with Gasteiger partial charge in [-0.05, 0) is 44.5 Å². The van der Waals surface area contributed by atoms with Crippen molar-refractivity contribution in [3.05, 3.63) is 42.9 Å². The minimum atomic E-state index is -0.123. The number of nitrogens with zero attached hydrogens (tertiary/aromatic N) is 7. The lowest BCUT2D eigenvalue weighted by molar-refractivity contribution is 0.198. The Morgan fingerprint density at radius 2 is 2.00 bits per heavy atom. The van der Waals surface area contributed by atoms with Crippen LogP contribution >= 0.6 is 0 Å². The van der Waals surface area contributed by atoms with Crippen LogP contribution in [0.3, 0.4) is 0 Å². The predicted octanol–water partition coefficient (Wildman–Crippen LogP) is 3.21. The molecule has 0 bridgehead atoms. The average Bonchev–Trinajstić information content (AvgIpc) is 3.45. The smallest absolute Gasteiger partial charge is 0.330 e. The molecule has 1 aliphatic rings. The summed E-state index contributed by atoms with van der Waals surface area (Å²) in [7, 11) is 1.69. The Hall–Kier alpha value is -3.53. The van der Waals surface area contributed by atoms with Crippen LogP contribution < -0.4 is 15.1 Å². The summed E-state index contributed by atoms with van der Waals surface area (Å²) >= 11 is 0. The molecule has 1 N–H and O–H groups in total. The second kappa shape index (κ2) is 9.73. The van der Waals surface area contributed by atoms with Crippen molar-refractivity contribution in [2.75, 3.05) is 48.5 Å². The van der Waals surface area contributed by atoms with Crippen LogP contribution in [0.5, 0.6) is 0 Å². The number of hydrogen-bond acceptors (Lipinski definition) is 7. The first-order valence-electron chi connectivity index (χ1n) is 10.7. The largest absolute Gasteiger partial charge is 0.385 e. The third-order valence-corrected chi connectivity index (χ3v) is 5.27. The van der Waals surface area contributed by atoms with Crippen LogP contribution in [0.2, 0.25) is 0 Å². The zero-order valence-electron chi connectivity index (χ0n) is 18.6. The van der Waals surface area contributed by atoms with Crippen molar-refractivity contribution in [2.24, 2.45) is 0 Å². The van der Waals surface area contributed by atoms with E-state index in [1.54, 1.807) is 29.4 Å². The molecule has 0 aromatic carbocycles. The first-order valence-corrected chi connectivity index (χ1v) is 10.7. The number of ether oxygens (including phenoxy) is 1. The van der Waals surface area contributed by atoms with Crippen molar-refractivity contribution < 1.29 is 9.53 Å². The van der Waals surface area contributed by atoms with Gasteiger partial charge in [0.25, 0.3) is 0 Å². The van der Waals surface area contributed by atoms with Crippen molar-refractivity contribution in [3.8, 4) is 11.5 Å². The summed E-state index contributed by atoms with van der Waals surface area (Å²) in [5.41, 5.74) is 1.45. The van der Waals surface area contributed by atoms with Crippen molar-refractivity contribution in [2.45, 2.75) is 26.3 Å². The predicted molar refractivity (Wildman–Crippen MR) is 123 cm³/mol. The highest BCUT2D eigenvalue weighted by molar-refractivity contribution is 6.05. The number of carbonyl (C=O) groups is 1. The highest BCUT2D eigenvalue weighted by atomic mass is 16.5. The summed E-state index contributed by atoms with van der Waals surface area (Å²) in [4.78, 5) is 25.7. The molecule has 0 saturated carbocycles. The first kappa shape index (κ1) is 21.7. The third-order valence-electron chi connectivity index (χ3n) is 5.27. The second-order valence-electron chi connectivity index (χ2n) is 7.80. The number of methoxy groups -OCH3 is 1. The monoisotopic (exact) mass is 436 g/mol. The van der Waals surface area contributed by atoms with Crippen molar-refractivity contribution in [1.29, 1.82) is 0 Å². The van der Waals surface area contributed by atoms with E-state index in [2.05, 4.69) is 34.3 Å². The molecule has 1 saturated heterocycles. The van der Waals surface area contributed by atoms with E-state index in [0.717, 1.165) is 24.5 Å². The first-order chi connectivity index (χ1) is 15.6. The van der Waals surface area contributed by atoms with E-state index in [1.807, 2.05) is 34.9 Å². The van der Waals surface area contributed by atoms with E-state index in [4.69, 9.17) is 9.72 Å². The third kappa shape index (κ3) is 4.54. The van der Waals surface area contributed by atoms with Gasteiger partial charge in [0.1, 0.15) is 23.7 Å². The van der Waals surface area contributed by atoms with Gasteiger partial charge in [-0.2, -0.15) is 0 Å². The molecular formula is C22H28N8O2. The Bertz CT molecular complexity index is 1050. The molecule has 0 atom stereocenters. The fourth-order valence-electron chi connectivity index (χ4n) is 3.57. The fraction of sp³-hybridized carbons (Fsp3) is 0.409. The number of hydrogen-bond donors (Lipinski definition) is 1. The number of urea groups is 1. The van der Waals surface area contributed by atoms with Crippen LogP contribution in [-0.4, -0.2) is 64.1 Å². The van der Waals surface area contributed by atoms with Gasteiger partial charge in [0.05, 0.1) is 11.9 Å². The van der Waals surface area contributed by atoms with Crippen LogP contribution in [0.15, 0.2) is 42.9 Å². The average molecular weight is 437 g/mol. The van der Waals surface area contributed by atoms with Gasteiger partial charge in [-0.15, -0.1) is 10.2 Å². The van der Waals surface area contributed by atoms with E-state index in [9.17, 15) is 4.79 Å². The maximum atomic E-state index is 13.1. The van der Waals surface area contributed by atoms with Gasteiger partial charge in [-0.25, -0.2) is 14.8 Å². The SMILES string of the molecule is COCCCNc1ccc(N2CCN(c3cccc(-c4nncn4C(C)C)n3)C2=O)cn1. The molecular weight excluding hydrogens is 408 g/mol. The van der Waals surface area contributed by atoms with Crippen LogP contribution in [0.25, 0.3) is 11.5 Å². The van der Waals surface area contributed by atoms with Gasteiger partial charge in [0.2, 0.25) is 0 Å². The molecule has 1 fully saturated rings. The second-order valence-corrected chi connectivity index (χ2v) is 7.80. The van der Waals surface area contributed by atoms with Gasteiger partial charge in [0.15, 0.2) is 5.82 Å². The molecule has 168 valence electrons. The maximum Gasteiger partial charge on any atom is 0.330 e. The molecule has 1 aliphatic heterocycles. The fourth-order valence-corrected chi connectivity index (χ4v) is 3.57. The number of amides is 2. The quantitative estimate of drug-likeness (QED) is 0.514. The summed E-state index contributed by atoms with van der Waals surface area (Å²) in [6.07, 6.45) is 4.31. The summed E-state index contributed by atoms with van der Waals surface area (Å²) in [5, 5.41) is 11.5. The Kier molecular flexibility index (Phi) is 6.60.